The third-order valence-electron chi connectivity index (χ3n) is 1.42. The second-order valence-electron chi connectivity index (χ2n) is 2.19. The van der Waals surface area contributed by atoms with Gasteiger partial charge in [-0.3, -0.25) is 0 Å². The molecule has 0 amide bonds. The number of allylic oxidation sites excluding steroid dienone is 4. The molecule has 0 aromatic heterocycles. The Labute approximate surface area is 69.6 Å². The van der Waals surface area contributed by atoms with Crippen LogP contribution in [0.3, 0.4) is 0 Å². The first kappa shape index (κ1) is 8.52. The maximum Gasteiger partial charge on any atom is 0.127 e. The molecule has 1 heterocycles. The van der Waals surface area contributed by atoms with E-state index in [-0.39, 0.29) is 5.83 Å². The van der Waals surface area contributed by atoms with Crippen LogP contribution >= 0.6 is 0 Å². The maximum absolute atomic E-state index is 12.7. The SMILES string of the molecule is C\C=C(F)/C=C1/NC=C/C1=N\O. The lowest BCUT2D eigenvalue weighted by molar-refractivity contribution is 0.320. The van der Waals surface area contributed by atoms with Gasteiger partial charge in [-0.25, -0.2) is 4.39 Å². The Morgan fingerprint density at radius 3 is 3.08 bits per heavy atom. The zero-order chi connectivity index (χ0) is 8.97. The summed E-state index contributed by atoms with van der Waals surface area (Å²) < 4.78 is 12.7. The molecular formula is C8H9FN2O. The Morgan fingerprint density at radius 2 is 2.50 bits per heavy atom. The number of nitrogens with zero attached hydrogens (tertiary/aromatic N) is 1. The van der Waals surface area contributed by atoms with Crippen molar-refractivity contribution in [1.29, 1.82) is 0 Å². The van der Waals surface area contributed by atoms with E-state index < -0.39 is 0 Å². The van der Waals surface area contributed by atoms with Crippen molar-refractivity contribution in [2.24, 2.45) is 5.16 Å². The highest BCUT2D eigenvalue weighted by Gasteiger charge is 2.08. The number of rotatable bonds is 1. The predicted molar refractivity (Wildman–Crippen MR) is 44.4 cm³/mol. The lowest BCUT2D eigenvalue weighted by Crippen LogP contribution is -2.05. The molecule has 12 heavy (non-hydrogen) atoms. The van der Waals surface area contributed by atoms with Gasteiger partial charge in [0.05, 0.1) is 5.70 Å². The number of nitrogens with one attached hydrogen (secondary N) is 1. The third kappa shape index (κ3) is 1.72. The van der Waals surface area contributed by atoms with E-state index in [0.717, 1.165) is 0 Å². The molecule has 1 rings (SSSR count). The highest BCUT2D eigenvalue weighted by molar-refractivity contribution is 6.09. The van der Waals surface area contributed by atoms with Gasteiger partial charge in [-0.15, -0.1) is 0 Å². The lowest BCUT2D eigenvalue weighted by atomic mass is 10.3. The quantitative estimate of drug-likeness (QED) is 0.462. The third-order valence-corrected chi connectivity index (χ3v) is 1.42. The summed E-state index contributed by atoms with van der Waals surface area (Å²) in [5.41, 5.74) is 0.778. The van der Waals surface area contributed by atoms with Crippen molar-refractivity contribution >= 4 is 5.71 Å². The predicted octanol–water partition coefficient (Wildman–Crippen LogP) is 1.69. The molecule has 0 aromatic rings. The minimum Gasteiger partial charge on any atom is -0.410 e. The summed E-state index contributed by atoms with van der Waals surface area (Å²) in [4.78, 5) is 0. The molecule has 0 radical (unpaired) electrons. The van der Waals surface area contributed by atoms with Crippen LogP contribution in [0.1, 0.15) is 6.92 Å². The molecule has 0 aromatic carbocycles. The molecule has 64 valence electrons. The van der Waals surface area contributed by atoms with E-state index in [1.165, 1.54) is 12.2 Å². The topological polar surface area (TPSA) is 44.6 Å². The average Bonchev–Trinajstić information content (AvgIpc) is 2.51. The normalized spacial score (nSPS) is 23.7. The highest BCUT2D eigenvalue weighted by Crippen LogP contribution is 2.08. The van der Waals surface area contributed by atoms with E-state index in [0.29, 0.717) is 11.4 Å². The summed E-state index contributed by atoms with van der Waals surface area (Å²) in [5, 5.41) is 14.1. The van der Waals surface area contributed by atoms with E-state index in [9.17, 15) is 4.39 Å². The molecule has 3 nitrogen and oxygen atoms in total. The summed E-state index contributed by atoms with van der Waals surface area (Å²) in [5.74, 6) is -0.373. The van der Waals surface area contributed by atoms with Gasteiger partial charge >= 0.3 is 0 Å². The van der Waals surface area contributed by atoms with E-state index in [4.69, 9.17) is 5.21 Å². The van der Waals surface area contributed by atoms with Gasteiger partial charge in [-0.05, 0) is 19.1 Å². The molecule has 0 atom stereocenters. The first-order valence-electron chi connectivity index (χ1n) is 3.47. The summed E-state index contributed by atoms with van der Waals surface area (Å²) in [6.45, 7) is 1.59. The van der Waals surface area contributed by atoms with Crippen molar-refractivity contribution in [2.75, 3.05) is 0 Å². The molecule has 0 spiro atoms. The van der Waals surface area contributed by atoms with Gasteiger partial charge in [-0.1, -0.05) is 11.2 Å². The van der Waals surface area contributed by atoms with Crippen molar-refractivity contribution in [2.45, 2.75) is 6.92 Å². The van der Waals surface area contributed by atoms with Gasteiger partial charge in [0, 0.05) is 6.20 Å². The van der Waals surface area contributed by atoms with Gasteiger partial charge < -0.3 is 10.5 Å². The van der Waals surface area contributed by atoms with Crippen LogP contribution in [-0.2, 0) is 0 Å². The summed E-state index contributed by atoms with van der Waals surface area (Å²) in [6, 6.07) is 0. The molecule has 4 heteroatoms. The smallest absolute Gasteiger partial charge is 0.127 e. The van der Waals surface area contributed by atoms with Crippen LogP contribution < -0.4 is 5.32 Å². The van der Waals surface area contributed by atoms with E-state index in [1.54, 1.807) is 19.2 Å². The van der Waals surface area contributed by atoms with Crippen molar-refractivity contribution in [3.63, 3.8) is 0 Å². The maximum atomic E-state index is 12.7. The van der Waals surface area contributed by atoms with Crippen LogP contribution in [0.5, 0.6) is 0 Å². The number of halogens is 1. The van der Waals surface area contributed by atoms with Crippen LogP contribution in [0, 0.1) is 0 Å². The van der Waals surface area contributed by atoms with Gasteiger partial charge in [0.2, 0.25) is 0 Å². The van der Waals surface area contributed by atoms with Crippen LogP contribution in [-0.4, -0.2) is 10.9 Å². The van der Waals surface area contributed by atoms with E-state index in [1.807, 2.05) is 0 Å². The van der Waals surface area contributed by atoms with Crippen LogP contribution in [0.25, 0.3) is 0 Å². The molecule has 1 aliphatic rings. The van der Waals surface area contributed by atoms with Crippen molar-refractivity contribution in [3.8, 4) is 0 Å². The van der Waals surface area contributed by atoms with Gasteiger partial charge in [0.1, 0.15) is 11.5 Å². The average molecular weight is 168 g/mol. The molecule has 2 N–H and O–H groups in total. The second kappa shape index (κ2) is 3.71. The Kier molecular flexibility index (Phi) is 2.63. The Bertz CT molecular complexity index is 289. The molecule has 0 saturated heterocycles. The first-order chi connectivity index (χ1) is 5.77. The van der Waals surface area contributed by atoms with Crippen LogP contribution in [0.4, 0.5) is 4.39 Å². The zero-order valence-electron chi connectivity index (χ0n) is 6.58. The minimum atomic E-state index is -0.373. The summed E-state index contributed by atoms with van der Waals surface area (Å²) in [7, 11) is 0. The highest BCUT2D eigenvalue weighted by atomic mass is 19.1. The number of hydrogen-bond donors (Lipinski definition) is 2. The molecule has 0 aliphatic carbocycles. The number of oxime groups is 1. The van der Waals surface area contributed by atoms with E-state index in [2.05, 4.69) is 10.5 Å². The Balaban J connectivity index is 2.85. The Hall–Kier alpha value is -1.58. The minimum absolute atomic E-state index is 0.326. The molecule has 0 bridgehead atoms. The molecular weight excluding hydrogens is 159 g/mol. The van der Waals surface area contributed by atoms with Gasteiger partial charge in [-0.2, -0.15) is 0 Å². The Morgan fingerprint density at radius 1 is 1.75 bits per heavy atom. The molecule has 0 unspecified atom stereocenters. The van der Waals surface area contributed by atoms with Gasteiger partial charge in [0.15, 0.2) is 0 Å². The first-order valence-corrected chi connectivity index (χ1v) is 3.47. The largest absolute Gasteiger partial charge is 0.410 e. The number of hydrogen-bond acceptors (Lipinski definition) is 3. The molecule has 1 aliphatic heterocycles. The fourth-order valence-corrected chi connectivity index (χ4v) is 0.798. The monoisotopic (exact) mass is 168 g/mol. The fourth-order valence-electron chi connectivity index (χ4n) is 0.798. The standard InChI is InChI=1S/C8H9FN2O/c1-2-6(9)5-8-7(11-12)3-4-10-8/h2-5,10,12H,1H3/b6-2+,8-5+,11-7+. The summed E-state index contributed by atoms with van der Waals surface area (Å²) in [6.07, 6.45) is 5.70. The lowest BCUT2D eigenvalue weighted by Gasteiger charge is -1.96. The zero-order valence-corrected chi connectivity index (χ0v) is 6.58. The van der Waals surface area contributed by atoms with Gasteiger partial charge in [0.25, 0.3) is 0 Å². The van der Waals surface area contributed by atoms with Crippen LogP contribution in [0.15, 0.2) is 41.1 Å². The van der Waals surface area contributed by atoms with Crippen LogP contribution in [0.2, 0.25) is 0 Å². The summed E-state index contributed by atoms with van der Waals surface area (Å²) >= 11 is 0. The van der Waals surface area contributed by atoms with Crippen molar-refractivity contribution in [3.05, 3.63) is 36.0 Å². The fraction of sp³-hybridized carbons (Fsp3) is 0.125. The van der Waals surface area contributed by atoms with E-state index >= 15 is 0 Å². The van der Waals surface area contributed by atoms with Crippen molar-refractivity contribution in [1.82, 2.24) is 5.32 Å². The molecule has 0 saturated carbocycles. The van der Waals surface area contributed by atoms with Crippen molar-refractivity contribution < 1.29 is 9.60 Å². The second-order valence-corrected chi connectivity index (χ2v) is 2.19. The molecule has 0 fully saturated rings.